The van der Waals surface area contributed by atoms with Crippen LogP contribution in [0.25, 0.3) is 0 Å². The minimum absolute atomic E-state index is 0.0560. The Hall–Kier alpha value is -2.45. The number of carbonyl (C=O) groups excluding carboxylic acids is 1. The second-order valence-corrected chi connectivity index (χ2v) is 3.85. The molecule has 0 atom stereocenters. The fraction of sp³-hybridized carbons (Fsp3) is 0.333. The number of hydrogen-bond donors (Lipinski definition) is 2. The Balaban J connectivity index is 2.67. The van der Waals surface area contributed by atoms with Crippen LogP contribution < -0.4 is 14.8 Å². The van der Waals surface area contributed by atoms with Crippen LogP contribution in [0.5, 0.6) is 11.5 Å². The molecule has 116 valence electrons. The number of halogens is 3. The summed E-state index contributed by atoms with van der Waals surface area (Å²) in [5, 5.41) is 10.4. The van der Waals surface area contributed by atoms with Crippen LogP contribution in [0.15, 0.2) is 18.2 Å². The van der Waals surface area contributed by atoms with Crippen molar-refractivity contribution < 1.29 is 37.3 Å². The lowest BCUT2D eigenvalue weighted by Crippen LogP contribution is -2.36. The van der Waals surface area contributed by atoms with E-state index in [0.29, 0.717) is 0 Å². The molecule has 2 N–H and O–H groups in total. The van der Waals surface area contributed by atoms with Crippen LogP contribution in [-0.2, 0) is 4.79 Å². The number of carboxylic acid groups (broad SMARTS) is 1. The topological polar surface area (TPSA) is 84.9 Å². The Bertz CT molecular complexity index is 530. The van der Waals surface area contributed by atoms with Crippen molar-refractivity contribution in [3.8, 4) is 11.5 Å². The zero-order valence-corrected chi connectivity index (χ0v) is 10.9. The van der Waals surface area contributed by atoms with Gasteiger partial charge in [0, 0.05) is 0 Å². The third kappa shape index (κ3) is 5.59. The van der Waals surface area contributed by atoms with Gasteiger partial charge >= 0.3 is 12.1 Å². The fourth-order valence-corrected chi connectivity index (χ4v) is 1.32. The second kappa shape index (κ2) is 6.82. The number of aromatic carboxylic acids is 1. The number of ether oxygens (including phenoxy) is 2. The van der Waals surface area contributed by atoms with Crippen LogP contribution in [0.3, 0.4) is 0 Å². The van der Waals surface area contributed by atoms with Gasteiger partial charge in [-0.15, -0.1) is 0 Å². The Morgan fingerprint density at radius 3 is 2.48 bits per heavy atom. The van der Waals surface area contributed by atoms with E-state index in [4.69, 9.17) is 14.6 Å². The summed E-state index contributed by atoms with van der Waals surface area (Å²) in [7, 11) is 1.30. The van der Waals surface area contributed by atoms with Crippen molar-refractivity contribution >= 4 is 11.9 Å². The maximum Gasteiger partial charge on any atom is 0.405 e. The van der Waals surface area contributed by atoms with Gasteiger partial charge in [0.1, 0.15) is 6.54 Å². The van der Waals surface area contributed by atoms with E-state index in [1.807, 2.05) is 0 Å². The molecule has 0 radical (unpaired) electrons. The smallest absolute Gasteiger partial charge is 0.405 e. The summed E-state index contributed by atoms with van der Waals surface area (Å²) < 4.78 is 45.6. The molecule has 0 saturated heterocycles. The van der Waals surface area contributed by atoms with E-state index in [9.17, 15) is 22.8 Å². The molecule has 0 aromatic heterocycles. The first kappa shape index (κ1) is 16.6. The number of amides is 1. The average Bonchev–Trinajstić information content (AvgIpc) is 2.41. The summed E-state index contributed by atoms with van der Waals surface area (Å²) in [4.78, 5) is 22.0. The number of benzene rings is 1. The molecule has 0 aliphatic carbocycles. The van der Waals surface area contributed by atoms with Crippen molar-refractivity contribution in [2.24, 2.45) is 0 Å². The molecule has 1 amide bonds. The number of rotatable bonds is 6. The highest BCUT2D eigenvalue weighted by molar-refractivity contribution is 5.88. The third-order valence-corrected chi connectivity index (χ3v) is 2.26. The van der Waals surface area contributed by atoms with E-state index < -0.39 is 31.2 Å². The van der Waals surface area contributed by atoms with Gasteiger partial charge in [0.15, 0.2) is 18.1 Å². The molecule has 21 heavy (non-hydrogen) atoms. The van der Waals surface area contributed by atoms with Crippen LogP contribution in [-0.4, -0.2) is 43.4 Å². The van der Waals surface area contributed by atoms with Gasteiger partial charge in [-0.25, -0.2) is 4.79 Å². The van der Waals surface area contributed by atoms with Crippen molar-refractivity contribution in [3.63, 3.8) is 0 Å². The van der Waals surface area contributed by atoms with E-state index in [1.165, 1.54) is 19.2 Å². The number of alkyl halides is 3. The monoisotopic (exact) mass is 307 g/mol. The van der Waals surface area contributed by atoms with E-state index in [1.54, 1.807) is 5.32 Å². The summed E-state index contributed by atoms with van der Waals surface area (Å²) in [6.07, 6.45) is -4.52. The van der Waals surface area contributed by atoms with Crippen LogP contribution >= 0.6 is 0 Å². The Kier molecular flexibility index (Phi) is 5.39. The maximum atomic E-state index is 11.9. The average molecular weight is 307 g/mol. The van der Waals surface area contributed by atoms with Gasteiger partial charge in [0.05, 0.1) is 12.7 Å². The zero-order chi connectivity index (χ0) is 16.0. The quantitative estimate of drug-likeness (QED) is 0.831. The predicted octanol–water partition coefficient (Wildman–Crippen LogP) is 1.45. The zero-order valence-electron chi connectivity index (χ0n) is 10.9. The standard InChI is InChI=1S/C12H12F3NO5/c1-20-8-3-2-7(11(18)19)4-9(8)21-5-10(17)16-6-12(13,14)15/h2-4H,5-6H2,1H3,(H,16,17)(H,18,19). The van der Waals surface area contributed by atoms with Gasteiger partial charge in [0.2, 0.25) is 0 Å². The summed E-state index contributed by atoms with van der Waals surface area (Å²) in [6.45, 7) is -2.17. The van der Waals surface area contributed by atoms with Crippen LogP contribution in [0, 0.1) is 0 Å². The molecule has 0 spiro atoms. The summed E-state index contributed by atoms with van der Waals surface area (Å²) >= 11 is 0. The number of nitrogens with one attached hydrogen (secondary N) is 1. The highest BCUT2D eigenvalue weighted by Crippen LogP contribution is 2.28. The van der Waals surface area contributed by atoms with Gasteiger partial charge in [-0.1, -0.05) is 0 Å². The van der Waals surface area contributed by atoms with Gasteiger partial charge in [-0.2, -0.15) is 13.2 Å². The molecule has 1 rings (SSSR count). The van der Waals surface area contributed by atoms with Crippen molar-refractivity contribution in [2.45, 2.75) is 6.18 Å². The first-order chi connectivity index (χ1) is 9.73. The fourth-order valence-electron chi connectivity index (χ4n) is 1.32. The van der Waals surface area contributed by atoms with Crippen molar-refractivity contribution in [1.29, 1.82) is 0 Å². The molecular weight excluding hydrogens is 295 g/mol. The summed E-state index contributed by atoms with van der Waals surface area (Å²) in [5.74, 6) is -2.11. The van der Waals surface area contributed by atoms with E-state index in [2.05, 4.69) is 0 Å². The summed E-state index contributed by atoms with van der Waals surface area (Å²) in [6, 6.07) is 3.68. The lowest BCUT2D eigenvalue weighted by Gasteiger charge is -2.12. The van der Waals surface area contributed by atoms with Crippen LogP contribution in [0.2, 0.25) is 0 Å². The molecule has 0 bridgehead atoms. The number of methoxy groups -OCH3 is 1. The Labute approximate surface area is 117 Å². The normalized spacial score (nSPS) is 10.9. The van der Waals surface area contributed by atoms with Gasteiger partial charge in [-0.3, -0.25) is 4.79 Å². The van der Waals surface area contributed by atoms with Crippen molar-refractivity contribution in [3.05, 3.63) is 23.8 Å². The number of carboxylic acids is 1. The minimum atomic E-state index is -4.52. The molecule has 0 saturated carbocycles. The van der Waals surface area contributed by atoms with Crippen molar-refractivity contribution in [1.82, 2.24) is 5.32 Å². The van der Waals surface area contributed by atoms with Crippen LogP contribution in [0.1, 0.15) is 10.4 Å². The lowest BCUT2D eigenvalue weighted by atomic mass is 10.2. The predicted molar refractivity (Wildman–Crippen MR) is 64.5 cm³/mol. The summed E-state index contributed by atoms with van der Waals surface area (Å²) in [5.41, 5.74) is -0.110. The number of hydrogen-bond acceptors (Lipinski definition) is 4. The highest BCUT2D eigenvalue weighted by atomic mass is 19.4. The third-order valence-electron chi connectivity index (χ3n) is 2.26. The molecule has 1 aromatic rings. The molecule has 6 nitrogen and oxygen atoms in total. The van der Waals surface area contributed by atoms with Gasteiger partial charge < -0.3 is 19.9 Å². The lowest BCUT2D eigenvalue weighted by molar-refractivity contribution is -0.139. The molecule has 0 heterocycles. The van der Waals surface area contributed by atoms with E-state index in [0.717, 1.165) is 6.07 Å². The first-order valence-corrected chi connectivity index (χ1v) is 5.60. The highest BCUT2D eigenvalue weighted by Gasteiger charge is 2.27. The van der Waals surface area contributed by atoms with Crippen LogP contribution in [0.4, 0.5) is 13.2 Å². The van der Waals surface area contributed by atoms with E-state index >= 15 is 0 Å². The van der Waals surface area contributed by atoms with E-state index in [-0.39, 0.29) is 17.1 Å². The molecule has 0 unspecified atom stereocenters. The number of carbonyl (C=O) groups is 2. The second-order valence-electron chi connectivity index (χ2n) is 3.85. The molecular formula is C12H12F3NO5. The molecule has 9 heteroatoms. The Morgan fingerprint density at radius 1 is 1.29 bits per heavy atom. The molecule has 1 aromatic carbocycles. The first-order valence-electron chi connectivity index (χ1n) is 5.60. The van der Waals surface area contributed by atoms with Gasteiger partial charge in [0.25, 0.3) is 5.91 Å². The SMILES string of the molecule is COc1ccc(C(=O)O)cc1OCC(=O)NCC(F)(F)F. The minimum Gasteiger partial charge on any atom is -0.493 e. The van der Waals surface area contributed by atoms with Gasteiger partial charge in [-0.05, 0) is 18.2 Å². The Morgan fingerprint density at radius 2 is 1.95 bits per heavy atom. The maximum absolute atomic E-state index is 11.9. The molecule has 0 aliphatic heterocycles. The van der Waals surface area contributed by atoms with Crippen molar-refractivity contribution in [2.75, 3.05) is 20.3 Å². The molecule has 0 fully saturated rings. The molecule has 0 aliphatic rings. The largest absolute Gasteiger partial charge is 0.493 e.